The second-order valence-corrected chi connectivity index (χ2v) is 3.71. The number of aliphatic hydroxyl groups excluding tert-OH is 1. The predicted octanol–water partition coefficient (Wildman–Crippen LogP) is 0.932. The lowest BCUT2D eigenvalue weighted by Gasteiger charge is -2.11. The zero-order valence-corrected chi connectivity index (χ0v) is 7.51. The van der Waals surface area contributed by atoms with Gasteiger partial charge in [-0.1, -0.05) is 6.92 Å². The molecule has 1 aliphatic carbocycles. The lowest BCUT2D eigenvalue weighted by molar-refractivity contribution is 0.105. The highest BCUT2D eigenvalue weighted by molar-refractivity contribution is 7.92. The third kappa shape index (κ3) is 2.63. The summed E-state index contributed by atoms with van der Waals surface area (Å²) in [6, 6.07) is 0. The van der Waals surface area contributed by atoms with E-state index in [0.29, 0.717) is 18.4 Å². The summed E-state index contributed by atoms with van der Waals surface area (Å²) in [6.45, 7) is 2.73. The molecule has 1 rings (SSSR count). The first kappa shape index (κ1) is 9.32. The normalized spacial score (nSPS) is 37.9. The summed E-state index contributed by atoms with van der Waals surface area (Å²) in [7, 11) is 0. The van der Waals surface area contributed by atoms with Gasteiger partial charge in [-0.15, -0.1) is 0 Å². The molecule has 3 atom stereocenters. The smallest absolute Gasteiger partial charge is 0.0758 e. The minimum absolute atomic E-state index is 0.183. The van der Waals surface area contributed by atoms with Crippen LogP contribution in [-0.2, 0) is 4.18 Å². The third-order valence-corrected chi connectivity index (χ3v) is 2.52. The number of hydrogen-bond acceptors (Lipinski definition) is 4. The summed E-state index contributed by atoms with van der Waals surface area (Å²) in [6.07, 6.45) is 1.78. The SMILES string of the molecule is C[C@@H]1C[C@H](COSN)[C@@H](O)C1. The third-order valence-electron chi connectivity index (χ3n) is 2.24. The molecule has 0 aromatic heterocycles. The Morgan fingerprint density at radius 3 is 2.82 bits per heavy atom. The van der Waals surface area contributed by atoms with Gasteiger partial charge in [-0.25, -0.2) is 0 Å². The average molecular weight is 177 g/mol. The van der Waals surface area contributed by atoms with Gasteiger partial charge >= 0.3 is 0 Å². The molecule has 0 saturated heterocycles. The molecule has 66 valence electrons. The van der Waals surface area contributed by atoms with Gasteiger partial charge in [0.15, 0.2) is 0 Å². The first-order chi connectivity index (χ1) is 5.24. The van der Waals surface area contributed by atoms with E-state index >= 15 is 0 Å². The fourth-order valence-corrected chi connectivity index (χ4v) is 1.93. The van der Waals surface area contributed by atoms with Crippen LogP contribution in [-0.4, -0.2) is 17.8 Å². The van der Waals surface area contributed by atoms with Crippen molar-refractivity contribution in [3.63, 3.8) is 0 Å². The molecular weight excluding hydrogens is 162 g/mol. The van der Waals surface area contributed by atoms with E-state index in [2.05, 4.69) is 6.92 Å². The molecule has 0 aromatic carbocycles. The standard InChI is InChI=1S/C7H15NO2S/c1-5-2-6(4-10-11-8)7(9)3-5/h5-7,9H,2-4,8H2,1H3/t5-,6-,7+/m1/s1. The van der Waals surface area contributed by atoms with Gasteiger partial charge in [0.05, 0.1) is 24.9 Å². The van der Waals surface area contributed by atoms with Crippen molar-refractivity contribution in [2.24, 2.45) is 17.0 Å². The molecular formula is C7H15NO2S. The van der Waals surface area contributed by atoms with Crippen LogP contribution < -0.4 is 5.14 Å². The Kier molecular flexibility index (Phi) is 3.65. The molecule has 1 fully saturated rings. The van der Waals surface area contributed by atoms with E-state index < -0.39 is 0 Å². The molecule has 11 heavy (non-hydrogen) atoms. The van der Waals surface area contributed by atoms with Gasteiger partial charge in [-0.3, -0.25) is 5.14 Å². The summed E-state index contributed by atoms with van der Waals surface area (Å²) < 4.78 is 4.97. The fourth-order valence-electron chi connectivity index (χ4n) is 1.68. The molecule has 0 bridgehead atoms. The lowest BCUT2D eigenvalue weighted by Crippen LogP contribution is -2.17. The van der Waals surface area contributed by atoms with E-state index in [-0.39, 0.29) is 6.10 Å². The predicted molar refractivity (Wildman–Crippen MR) is 45.6 cm³/mol. The summed E-state index contributed by atoms with van der Waals surface area (Å²) in [5.74, 6) is 0.919. The van der Waals surface area contributed by atoms with Crippen LogP contribution in [0.2, 0.25) is 0 Å². The summed E-state index contributed by atoms with van der Waals surface area (Å²) in [5.41, 5.74) is 0. The Bertz CT molecular complexity index is 123. The van der Waals surface area contributed by atoms with Crippen LogP contribution in [0.3, 0.4) is 0 Å². The Hall–Kier alpha value is 0.230. The van der Waals surface area contributed by atoms with Gasteiger partial charge in [-0.2, -0.15) is 0 Å². The van der Waals surface area contributed by atoms with E-state index in [9.17, 15) is 5.11 Å². The quantitative estimate of drug-likeness (QED) is 0.497. The first-order valence-electron chi connectivity index (χ1n) is 3.90. The first-order valence-corrected chi connectivity index (χ1v) is 4.71. The average Bonchev–Trinajstić information content (AvgIpc) is 2.26. The number of nitrogens with two attached hydrogens (primary N) is 1. The van der Waals surface area contributed by atoms with Crippen molar-refractivity contribution in [1.29, 1.82) is 0 Å². The van der Waals surface area contributed by atoms with E-state index in [1.807, 2.05) is 0 Å². The number of aliphatic hydroxyl groups is 1. The summed E-state index contributed by atoms with van der Waals surface area (Å²) in [5, 5.41) is 14.6. The number of hydrogen-bond donors (Lipinski definition) is 2. The van der Waals surface area contributed by atoms with Gasteiger partial charge in [0, 0.05) is 5.92 Å². The Morgan fingerprint density at radius 1 is 1.64 bits per heavy atom. The maximum absolute atomic E-state index is 9.46. The number of rotatable bonds is 3. The highest BCUT2D eigenvalue weighted by Crippen LogP contribution is 2.31. The molecule has 1 aliphatic rings. The molecule has 0 aliphatic heterocycles. The topological polar surface area (TPSA) is 55.5 Å². The van der Waals surface area contributed by atoms with Crippen LogP contribution in [0.15, 0.2) is 0 Å². The molecule has 0 radical (unpaired) electrons. The maximum atomic E-state index is 9.46. The minimum Gasteiger partial charge on any atom is -0.393 e. The van der Waals surface area contributed by atoms with Crippen LogP contribution in [0.4, 0.5) is 0 Å². The summed E-state index contributed by atoms with van der Waals surface area (Å²) in [4.78, 5) is 0. The van der Waals surface area contributed by atoms with E-state index in [1.165, 1.54) is 0 Å². The van der Waals surface area contributed by atoms with Crippen LogP contribution >= 0.6 is 12.2 Å². The molecule has 0 aromatic rings. The van der Waals surface area contributed by atoms with E-state index in [4.69, 9.17) is 9.32 Å². The Morgan fingerprint density at radius 2 is 2.36 bits per heavy atom. The fraction of sp³-hybridized carbons (Fsp3) is 1.00. The maximum Gasteiger partial charge on any atom is 0.0758 e. The van der Waals surface area contributed by atoms with Crippen molar-refractivity contribution in [2.75, 3.05) is 6.61 Å². The van der Waals surface area contributed by atoms with Crippen LogP contribution in [0, 0.1) is 11.8 Å². The van der Waals surface area contributed by atoms with Gasteiger partial charge in [0.1, 0.15) is 0 Å². The Balaban J connectivity index is 2.23. The van der Waals surface area contributed by atoms with Crippen molar-refractivity contribution < 1.29 is 9.29 Å². The van der Waals surface area contributed by atoms with Crippen molar-refractivity contribution in [2.45, 2.75) is 25.9 Å². The molecule has 3 N–H and O–H groups in total. The van der Waals surface area contributed by atoms with E-state index in [1.54, 1.807) is 0 Å². The van der Waals surface area contributed by atoms with Crippen LogP contribution in [0.1, 0.15) is 19.8 Å². The lowest BCUT2D eigenvalue weighted by atomic mass is 10.1. The van der Waals surface area contributed by atoms with Gasteiger partial charge < -0.3 is 9.29 Å². The molecule has 0 amide bonds. The molecule has 4 heteroatoms. The molecule has 0 heterocycles. The van der Waals surface area contributed by atoms with Gasteiger partial charge in [0.2, 0.25) is 0 Å². The van der Waals surface area contributed by atoms with Crippen molar-refractivity contribution >= 4 is 12.2 Å². The minimum atomic E-state index is -0.183. The van der Waals surface area contributed by atoms with Crippen molar-refractivity contribution in [1.82, 2.24) is 0 Å². The second kappa shape index (κ2) is 4.30. The van der Waals surface area contributed by atoms with Crippen LogP contribution in [0.5, 0.6) is 0 Å². The molecule has 1 saturated carbocycles. The second-order valence-electron chi connectivity index (χ2n) is 3.28. The van der Waals surface area contributed by atoms with Crippen molar-refractivity contribution in [3.8, 4) is 0 Å². The largest absolute Gasteiger partial charge is 0.393 e. The highest BCUT2D eigenvalue weighted by atomic mass is 32.2. The Labute approximate surface area is 71.6 Å². The van der Waals surface area contributed by atoms with Gasteiger partial charge in [-0.05, 0) is 18.8 Å². The van der Waals surface area contributed by atoms with E-state index in [0.717, 1.165) is 25.1 Å². The van der Waals surface area contributed by atoms with Crippen molar-refractivity contribution in [3.05, 3.63) is 0 Å². The van der Waals surface area contributed by atoms with Gasteiger partial charge in [0.25, 0.3) is 0 Å². The molecule has 0 unspecified atom stereocenters. The zero-order valence-electron chi connectivity index (χ0n) is 6.69. The highest BCUT2D eigenvalue weighted by Gasteiger charge is 2.30. The summed E-state index contributed by atoms with van der Waals surface area (Å²) >= 11 is 0.881. The van der Waals surface area contributed by atoms with Crippen LogP contribution in [0.25, 0.3) is 0 Å². The zero-order chi connectivity index (χ0) is 8.27. The monoisotopic (exact) mass is 177 g/mol. The molecule has 0 spiro atoms. The molecule has 3 nitrogen and oxygen atoms in total.